The van der Waals surface area contributed by atoms with Crippen LogP contribution < -0.4 is 10.6 Å². The van der Waals surface area contributed by atoms with E-state index in [2.05, 4.69) is 45.3 Å². The molecule has 2 aliphatic carbocycles. The zero-order valence-electron chi connectivity index (χ0n) is 20.0. The fraction of sp³-hybridized carbons (Fsp3) is 0.962. The average molecular weight is 406 g/mol. The summed E-state index contributed by atoms with van der Waals surface area (Å²) in [4.78, 5) is 13.3. The van der Waals surface area contributed by atoms with Crippen LogP contribution in [0, 0.1) is 29.1 Å². The van der Waals surface area contributed by atoms with Crippen LogP contribution in [0.15, 0.2) is 0 Å². The monoisotopic (exact) mass is 405 g/mol. The first-order chi connectivity index (χ1) is 13.8. The molecule has 2 saturated carbocycles. The lowest BCUT2D eigenvalue weighted by atomic mass is 9.58. The molecule has 29 heavy (non-hydrogen) atoms. The predicted molar refractivity (Wildman–Crippen MR) is 122 cm³/mol. The van der Waals surface area contributed by atoms with Crippen molar-refractivity contribution in [2.24, 2.45) is 29.1 Å². The van der Waals surface area contributed by atoms with Crippen molar-refractivity contribution in [1.29, 1.82) is 0 Å². The van der Waals surface area contributed by atoms with E-state index in [0.29, 0.717) is 29.8 Å². The molecule has 3 N–H and O–H groups in total. The SMILES string of the molecule is CCCCCCCCCNC1C2CC(C)CC(C)C2[NH2+]C2CC(C)(C)CC(=O)C21. The Kier molecular flexibility index (Phi) is 8.23. The summed E-state index contributed by atoms with van der Waals surface area (Å²) < 4.78 is 0. The maximum absolute atomic E-state index is 13.3. The van der Waals surface area contributed by atoms with E-state index in [1.54, 1.807) is 0 Å². The maximum atomic E-state index is 13.3. The molecule has 0 amide bonds. The highest BCUT2D eigenvalue weighted by atomic mass is 16.1. The van der Waals surface area contributed by atoms with Crippen LogP contribution in [0.25, 0.3) is 0 Å². The summed E-state index contributed by atoms with van der Waals surface area (Å²) in [5.41, 5.74) is 0.176. The Morgan fingerprint density at radius 2 is 1.72 bits per heavy atom. The Bertz CT molecular complexity index is 531. The molecule has 3 nitrogen and oxygen atoms in total. The van der Waals surface area contributed by atoms with Crippen LogP contribution in [0.4, 0.5) is 0 Å². The van der Waals surface area contributed by atoms with Crippen molar-refractivity contribution in [2.75, 3.05) is 6.54 Å². The van der Waals surface area contributed by atoms with E-state index in [-0.39, 0.29) is 11.3 Å². The first kappa shape index (κ1) is 23.3. The molecule has 0 bridgehead atoms. The highest BCUT2D eigenvalue weighted by molar-refractivity contribution is 5.84. The van der Waals surface area contributed by atoms with Crippen molar-refractivity contribution in [2.45, 2.75) is 123 Å². The van der Waals surface area contributed by atoms with Gasteiger partial charge in [0.25, 0.3) is 0 Å². The van der Waals surface area contributed by atoms with Gasteiger partial charge in [0.2, 0.25) is 0 Å². The van der Waals surface area contributed by atoms with Gasteiger partial charge in [0.15, 0.2) is 0 Å². The second-order valence-electron chi connectivity index (χ2n) is 11.8. The first-order valence-corrected chi connectivity index (χ1v) is 12.9. The number of carbonyl (C=O) groups excluding carboxylic acids is 1. The molecule has 0 aromatic carbocycles. The zero-order chi connectivity index (χ0) is 21.0. The second kappa shape index (κ2) is 10.3. The molecular weight excluding hydrogens is 356 g/mol. The Labute approximate surface area is 180 Å². The summed E-state index contributed by atoms with van der Waals surface area (Å²) in [6.45, 7) is 12.9. The molecule has 0 aromatic rings. The number of Topliss-reactive ketones (excluding diaryl/α,β-unsaturated/α-hetero) is 1. The highest BCUT2D eigenvalue weighted by Crippen LogP contribution is 2.44. The molecule has 0 spiro atoms. The summed E-state index contributed by atoms with van der Waals surface area (Å²) in [6.07, 6.45) is 14.1. The van der Waals surface area contributed by atoms with Crippen LogP contribution in [-0.2, 0) is 4.79 Å². The first-order valence-electron chi connectivity index (χ1n) is 12.9. The molecule has 0 aromatic heterocycles. The minimum Gasteiger partial charge on any atom is -0.340 e. The molecule has 7 atom stereocenters. The standard InChI is InChI=1S/C26H48N2O/c1-6-7-8-9-10-11-12-13-27-25-20-15-18(2)14-19(3)24(20)28-21-16-26(4,5)17-22(29)23(21)25/h18-21,23-25,27-28H,6-17H2,1-5H3/p+1. The Balaban J connectivity index is 1.62. The van der Waals surface area contributed by atoms with Gasteiger partial charge in [-0.3, -0.25) is 4.79 Å². The minimum atomic E-state index is 0.176. The van der Waals surface area contributed by atoms with Crippen LogP contribution >= 0.6 is 0 Å². The number of hydrogen-bond acceptors (Lipinski definition) is 2. The van der Waals surface area contributed by atoms with Gasteiger partial charge in [-0.15, -0.1) is 0 Å². The van der Waals surface area contributed by atoms with Crippen LogP contribution in [0.2, 0.25) is 0 Å². The maximum Gasteiger partial charge on any atom is 0.144 e. The van der Waals surface area contributed by atoms with Gasteiger partial charge in [0.1, 0.15) is 5.78 Å². The number of unbranched alkanes of at least 4 members (excludes halogenated alkanes) is 6. The van der Waals surface area contributed by atoms with Gasteiger partial charge in [0.05, 0.1) is 18.0 Å². The highest BCUT2D eigenvalue weighted by Gasteiger charge is 2.56. The fourth-order valence-electron chi connectivity index (χ4n) is 7.15. The Hall–Kier alpha value is -0.410. The third kappa shape index (κ3) is 5.85. The number of ketones is 1. The van der Waals surface area contributed by atoms with E-state index < -0.39 is 0 Å². The summed E-state index contributed by atoms with van der Waals surface area (Å²) in [5.74, 6) is 3.03. The number of nitrogens with one attached hydrogen (secondary N) is 1. The molecule has 3 heteroatoms. The van der Waals surface area contributed by atoms with Crippen molar-refractivity contribution in [3.63, 3.8) is 0 Å². The van der Waals surface area contributed by atoms with Gasteiger partial charge >= 0.3 is 0 Å². The number of nitrogens with two attached hydrogens (primary N) is 1. The van der Waals surface area contributed by atoms with Gasteiger partial charge in [0, 0.05) is 30.7 Å². The number of rotatable bonds is 9. The van der Waals surface area contributed by atoms with Gasteiger partial charge in [-0.05, 0) is 37.1 Å². The summed E-state index contributed by atoms with van der Waals surface area (Å²) >= 11 is 0. The lowest BCUT2D eigenvalue weighted by molar-refractivity contribution is -0.753. The normalized spacial score (nSPS) is 39.1. The lowest BCUT2D eigenvalue weighted by Gasteiger charge is -2.53. The van der Waals surface area contributed by atoms with Crippen LogP contribution in [0.1, 0.15) is 105 Å². The van der Waals surface area contributed by atoms with Crippen molar-refractivity contribution < 1.29 is 10.1 Å². The van der Waals surface area contributed by atoms with Crippen LogP contribution in [0.3, 0.4) is 0 Å². The number of fused-ring (bicyclic) bond motifs is 2. The van der Waals surface area contributed by atoms with Crippen molar-refractivity contribution in [1.82, 2.24) is 5.32 Å². The molecule has 1 heterocycles. The topological polar surface area (TPSA) is 45.7 Å². The van der Waals surface area contributed by atoms with Gasteiger partial charge < -0.3 is 10.6 Å². The van der Waals surface area contributed by atoms with E-state index >= 15 is 0 Å². The predicted octanol–water partition coefficient (Wildman–Crippen LogP) is 4.70. The van der Waals surface area contributed by atoms with E-state index in [0.717, 1.165) is 24.8 Å². The molecule has 7 unspecified atom stereocenters. The van der Waals surface area contributed by atoms with E-state index in [1.165, 1.54) is 64.2 Å². The fourth-order valence-corrected chi connectivity index (χ4v) is 7.15. The largest absolute Gasteiger partial charge is 0.340 e. The van der Waals surface area contributed by atoms with Crippen LogP contribution in [0.5, 0.6) is 0 Å². The lowest BCUT2D eigenvalue weighted by Crippen LogP contribution is -3.04. The number of quaternary nitrogens is 1. The molecular formula is C26H49N2O+. The quantitative estimate of drug-likeness (QED) is 0.546. The molecule has 3 fully saturated rings. The molecule has 3 rings (SSSR count). The smallest absolute Gasteiger partial charge is 0.144 e. The molecule has 1 aliphatic heterocycles. The second-order valence-corrected chi connectivity index (χ2v) is 11.8. The summed E-state index contributed by atoms with van der Waals surface area (Å²) in [5, 5.41) is 6.64. The molecule has 168 valence electrons. The molecule has 0 radical (unpaired) electrons. The van der Waals surface area contributed by atoms with Crippen LogP contribution in [-0.4, -0.2) is 30.5 Å². The third-order valence-electron chi connectivity index (χ3n) is 8.35. The van der Waals surface area contributed by atoms with Gasteiger partial charge in [-0.25, -0.2) is 0 Å². The number of hydrogen-bond donors (Lipinski definition) is 2. The zero-order valence-corrected chi connectivity index (χ0v) is 20.0. The Morgan fingerprint density at radius 3 is 2.45 bits per heavy atom. The number of carbonyl (C=O) groups is 1. The third-order valence-corrected chi connectivity index (χ3v) is 8.35. The van der Waals surface area contributed by atoms with Crippen molar-refractivity contribution >= 4 is 5.78 Å². The minimum absolute atomic E-state index is 0.176. The van der Waals surface area contributed by atoms with E-state index in [1.807, 2.05) is 0 Å². The van der Waals surface area contributed by atoms with Gasteiger partial charge in [-0.1, -0.05) is 73.1 Å². The Morgan fingerprint density at radius 1 is 1.03 bits per heavy atom. The van der Waals surface area contributed by atoms with Gasteiger partial charge in [-0.2, -0.15) is 0 Å². The molecule has 3 aliphatic rings. The van der Waals surface area contributed by atoms with Crippen molar-refractivity contribution in [3.05, 3.63) is 0 Å². The summed E-state index contributed by atoms with van der Waals surface area (Å²) in [6, 6.07) is 1.62. The number of piperidine rings is 1. The average Bonchev–Trinajstić information content (AvgIpc) is 2.63. The molecule has 1 saturated heterocycles. The van der Waals surface area contributed by atoms with Crippen molar-refractivity contribution in [3.8, 4) is 0 Å². The van der Waals surface area contributed by atoms with E-state index in [4.69, 9.17) is 0 Å². The summed E-state index contributed by atoms with van der Waals surface area (Å²) in [7, 11) is 0. The van der Waals surface area contributed by atoms with E-state index in [9.17, 15) is 4.79 Å².